The first kappa shape index (κ1) is 16.0. The number of phenols is 2. The van der Waals surface area contributed by atoms with E-state index >= 15 is 0 Å². The highest BCUT2D eigenvalue weighted by molar-refractivity contribution is 7.18. The molecule has 0 fully saturated rings. The van der Waals surface area contributed by atoms with Crippen molar-refractivity contribution in [1.29, 1.82) is 0 Å². The molecule has 0 aliphatic heterocycles. The third-order valence-electron chi connectivity index (χ3n) is 3.63. The molecule has 0 saturated heterocycles. The summed E-state index contributed by atoms with van der Waals surface area (Å²) in [6, 6.07) is 3.55. The molecule has 0 aliphatic carbocycles. The van der Waals surface area contributed by atoms with E-state index in [1.165, 1.54) is 23.5 Å². The quantitative estimate of drug-likeness (QED) is 0.628. The topological polar surface area (TPSA) is 113 Å². The van der Waals surface area contributed by atoms with Crippen LogP contribution in [0.3, 0.4) is 0 Å². The van der Waals surface area contributed by atoms with Crippen LogP contribution in [0.4, 0.5) is 0 Å². The van der Waals surface area contributed by atoms with E-state index in [1.807, 2.05) is 13.8 Å². The van der Waals surface area contributed by atoms with E-state index in [1.54, 1.807) is 0 Å². The number of aromatic amines is 1. The lowest BCUT2D eigenvalue weighted by atomic mass is 10.2. The maximum Gasteiger partial charge on any atom is 0.342 e. The molecular formula is C16H14N2O5S. The van der Waals surface area contributed by atoms with Gasteiger partial charge in [0.2, 0.25) is 0 Å². The molecule has 124 valence electrons. The Labute approximate surface area is 140 Å². The summed E-state index contributed by atoms with van der Waals surface area (Å²) in [6.07, 6.45) is 0. The number of benzene rings is 1. The highest BCUT2D eigenvalue weighted by Crippen LogP contribution is 2.26. The highest BCUT2D eigenvalue weighted by Gasteiger charge is 2.16. The standard InChI is InChI=1S/C16H14N2O5S/c1-7-8(2)24-15-13(7)14(21)17-12(18-15)6-23-16(22)10-4-3-9(19)5-11(10)20/h3-5,19-20H,6H2,1-2H3,(H,17,18,21). The number of aromatic hydroxyl groups is 2. The minimum atomic E-state index is -0.784. The van der Waals surface area contributed by atoms with E-state index in [9.17, 15) is 19.8 Å². The van der Waals surface area contributed by atoms with Crippen LogP contribution in [0.15, 0.2) is 23.0 Å². The Bertz CT molecular complexity index is 1010. The van der Waals surface area contributed by atoms with Gasteiger partial charge in [-0.15, -0.1) is 11.3 Å². The summed E-state index contributed by atoms with van der Waals surface area (Å²) >= 11 is 1.40. The zero-order valence-corrected chi connectivity index (χ0v) is 13.7. The summed E-state index contributed by atoms with van der Waals surface area (Å²) in [5.41, 5.74) is 0.528. The van der Waals surface area contributed by atoms with Gasteiger partial charge >= 0.3 is 5.97 Å². The van der Waals surface area contributed by atoms with Gasteiger partial charge in [0, 0.05) is 10.9 Å². The second-order valence-electron chi connectivity index (χ2n) is 5.25. The summed E-state index contributed by atoms with van der Waals surface area (Å²) in [7, 11) is 0. The number of thiophene rings is 1. The van der Waals surface area contributed by atoms with Gasteiger partial charge in [-0.25, -0.2) is 9.78 Å². The van der Waals surface area contributed by atoms with Crippen molar-refractivity contribution < 1.29 is 19.7 Å². The van der Waals surface area contributed by atoms with Crippen LogP contribution in [0.5, 0.6) is 11.5 Å². The number of H-pyrrole nitrogens is 1. The summed E-state index contributed by atoms with van der Waals surface area (Å²) in [5, 5.41) is 19.4. The van der Waals surface area contributed by atoms with Crippen molar-refractivity contribution in [3.63, 3.8) is 0 Å². The maximum atomic E-state index is 12.1. The zero-order chi connectivity index (χ0) is 17.4. The van der Waals surface area contributed by atoms with Crippen molar-refractivity contribution in [2.75, 3.05) is 0 Å². The van der Waals surface area contributed by atoms with E-state index in [2.05, 4.69) is 9.97 Å². The van der Waals surface area contributed by atoms with Gasteiger partial charge in [-0.2, -0.15) is 0 Å². The smallest absolute Gasteiger partial charge is 0.342 e. The normalized spacial score (nSPS) is 10.9. The molecule has 0 bridgehead atoms. The van der Waals surface area contributed by atoms with Gasteiger partial charge in [0.15, 0.2) is 0 Å². The number of ether oxygens (including phenoxy) is 1. The minimum Gasteiger partial charge on any atom is -0.508 e. The number of aromatic nitrogens is 2. The van der Waals surface area contributed by atoms with Crippen LogP contribution >= 0.6 is 11.3 Å². The molecule has 24 heavy (non-hydrogen) atoms. The van der Waals surface area contributed by atoms with Crippen molar-refractivity contribution in [3.8, 4) is 11.5 Å². The van der Waals surface area contributed by atoms with E-state index in [0.29, 0.717) is 10.2 Å². The summed E-state index contributed by atoms with van der Waals surface area (Å²) in [6.45, 7) is 3.53. The molecule has 0 unspecified atom stereocenters. The minimum absolute atomic E-state index is 0.0842. The summed E-state index contributed by atoms with van der Waals surface area (Å²) < 4.78 is 5.07. The second kappa shape index (κ2) is 5.97. The zero-order valence-electron chi connectivity index (χ0n) is 12.9. The van der Waals surface area contributed by atoms with Gasteiger partial charge in [0.05, 0.1) is 5.39 Å². The van der Waals surface area contributed by atoms with Crippen molar-refractivity contribution in [1.82, 2.24) is 9.97 Å². The molecule has 7 nitrogen and oxygen atoms in total. The third kappa shape index (κ3) is 2.83. The molecular weight excluding hydrogens is 332 g/mol. The number of hydrogen-bond acceptors (Lipinski definition) is 7. The molecule has 0 atom stereocenters. The highest BCUT2D eigenvalue weighted by atomic mass is 32.1. The Morgan fingerprint density at radius 2 is 2.08 bits per heavy atom. The Hall–Kier alpha value is -2.87. The molecule has 3 rings (SSSR count). The molecule has 0 aliphatic rings. The Kier molecular flexibility index (Phi) is 3.98. The largest absolute Gasteiger partial charge is 0.508 e. The Morgan fingerprint density at radius 3 is 2.79 bits per heavy atom. The fraction of sp³-hybridized carbons (Fsp3) is 0.188. The summed E-state index contributed by atoms with van der Waals surface area (Å²) in [5.74, 6) is -1.11. The van der Waals surface area contributed by atoms with Crippen LogP contribution in [0.2, 0.25) is 0 Å². The van der Waals surface area contributed by atoms with Crippen molar-refractivity contribution in [3.05, 3.63) is 50.4 Å². The first-order chi connectivity index (χ1) is 11.4. The number of fused-ring (bicyclic) bond motifs is 1. The lowest BCUT2D eigenvalue weighted by molar-refractivity contribution is 0.0459. The number of phenolic OH excluding ortho intramolecular Hbond substituents is 2. The van der Waals surface area contributed by atoms with Gasteiger partial charge in [0.25, 0.3) is 5.56 Å². The van der Waals surface area contributed by atoms with Crippen LogP contribution in [0.25, 0.3) is 10.2 Å². The molecule has 2 heterocycles. The van der Waals surface area contributed by atoms with Gasteiger partial charge in [-0.1, -0.05) is 0 Å². The van der Waals surface area contributed by atoms with Crippen LogP contribution in [0.1, 0.15) is 26.6 Å². The van der Waals surface area contributed by atoms with E-state index in [-0.39, 0.29) is 35.1 Å². The lowest BCUT2D eigenvalue weighted by Gasteiger charge is -2.06. The molecule has 0 spiro atoms. The molecule has 3 aromatic rings. The molecule has 0 saturated carbocycles. The fourth-order valence-corrected chi connectivity index (χ4v) is 3.32. The van der Waals surface area contributed by atoms with Crippen molar-refractivity contribution in [2.24, 2.45) is 0 Å². The number of aryl methyl sites for hydroxylation is 2. The van der Waals surface area contributed by atoms with Crippen LogP contribution in [-0.4, -0.2) is 26.2 Å². The van der Waals surface area contributed by atoms with Crippen LogP contribution < -0.4 is 5.56 Å². The Morgan fingerprint density at radius 1 is 1.33 bits per heavy atom. The molecule has 0 radical (unpaired) electrons. The van der Waals surface area contributed by atoms with Crippen LogP contribution in [-0.2, 0) is 11.3 Å². The molecule has 1 aromatic carbocycles. The van der Waals surface area contributed by atoms with E-state index in [4.69, 9.17) is 4.74 Å². The number of carbonyl (C=O) groups is 1. The number of nitrogens with zero attached hydrogens (tertiary/aromatic N) is 1. The average molecular weight is 346 g/mol. The maximum absolute atomic E-state index is 12.1. The fourth-order valence-electron chi connectivity index (χ4n) is 2.27. The van der Waals surface area contributed by atoms with Crippen LogP contribution in [0, 0.1) is 13.8 Å². The van der Waals surface area contributed by atoms with Crippen molar-refractivity contribution in [2.45, 2.75) is 20.5 Å². The SMILES string of the molecule is Cc1sc2nc(COC(=O)c3ccc(O)cc3O)[nH]c(=O)c2c1C. The Balaban J connectivity index is 1.83. The third-order valence-corrected chi connectivity index (χ3v) is 4.73. The number of esters is 1. The number of nitrogens with one attached hydrogen (secondary N) is 1. The van der Waals surface area contributed by atoms with E-state index < -0.39 is 5.97 Å². The second-order valence-corrected chi connectivity index (χ2v) is 6.46. The molecule has 8 heteroatoms. The number of carbonyl (C=O) groups excluding carboxylic acids is 1. The van der Waals surface area contributed by atoms with Gasteiger partial charge < -0.3 is 19.9 Å². The van der Waals surface area contributed by atoms with Gasteiger partial charge in [-0.3, -0.25) is 4.79 Å². The number of rotatable bonds is 3. The predicted octanol–water partition coefficient (Wildman–Crippen LogP) is 2.37. The molecule has 2 aromatic heterocycles. The summed E-state index contributed by atoms with van der Waals surface area (Å²) in [4.78, 5) is 32.6. The first-order valence-electron chi connectivity index (χ1n) is 7.05. The van der Waals surface area contributed by atoms with Gasteiger partial charge in [0.1, 0.15) is 34.3 Å². The molecule has 3 N–H and O–H groups in total. The predicted molar refractivity (Wildman–Crippen MR) is 88.6 cm³/mol. The average Bonchev–Trinajstić information content (AvgIpc) is 2.80. The van der Waals surface area contributed by atoms with E-state index in [0.717, 1.165) is 16.5 Å². The first-order valence-corrected chi connectivity index (χ1v) is 7.86. The monoisotopic (exact) mass is 346 g/mol. The molecule has 0 amide bonds. The van der Waals surface area contributed by atoms with Gasteiger partial charge in [-0.05, 0) is 31.5 Å². The lowest BCUT2D eigenvalue weighted by Crippen LogP contribution is -2.14. The van der Waals surface area contributed by atoms with Crippen molar-refractivity contribution >= 4 is 27.5 Å². The number of hydrogen-bond donors (Lipinski definition) is 3.